The summed E-state index contributed by atoms with van der Waals surface area (Å²) in [6.45, 7) is 17.6. The highest BCUT2D eigenvalue weighted by Crippen LogP contribution is 2.68. The van der Waals surface area contributed by atoms with Crippen LogP contribution in [0.2, 0.25) is 0 Å². The largest absolute Gasteiger partial charge is 0.295 e. The number of carbonyl (C=O) groups is 1. The molecule has 0 aromatic heterocycles. The highest BCUT2D eigenvalue weighted by Gasteiger charge is 2.60. The normalized spacial score (nSPS) is 44.3. The van der Waals surface area contributed by atoms with Gasteiger partial charge >= 0.3 is 0 Å². The fourth-order valence-corrected chi connectivity index (χ4v) is 9.57. The van der Waals surface area contributed by atoms with Crippen molar-refractivity contribution in [1.82, 2.24) is 0 Å². The van der Waals surface area contributed by atoms with Gasteiger partial charge in [0, 0.05) is 6.42 Å². The van der Waals surface area contributed by atoms with Crippen molar-refractivity contribution in [2.24, 2.45) is 58.2 Å². The van der Waals surface area contributed by atoms with Crippen LogP contribution < -0.4 is 0 Å². The smallest absolute Gasteiger partial charge is 0.155 e. The van der Waals surface area contributed by atoms with E-state index in [1.165, 1.54) is 56.9 Å². The minimum absolute atomic E-state index is 0.307. The van der Waals surface area contributed by atoms with Gasteiger partial charge in [0.25, 0.3) is 0 Å². The van der Waals surface area contributed by atoms with Crippen molar-refractivity contribution < 1.29 is 4.79 Å². The van der Waals surface area contributed by atoms with Crippen LogP contribution in [-0.2, 0) is 4.79 Å². The summed E-state index contributed by atoms with van der Waals surface area (Å²) in [6.07, 6.45) is 15.1. The molecule has 9 atom stereocenters. The summed E-state index contributed by atoms with van der Waals surface area (Å²) < 4.78 is 0. The van der Waals surface area contributed by atoms with Crippen LogP contribution in [0.15, 0.2) is 11.6 Å². The molecule has 0 unspecified atom stereocenters. The first-order chi connectivity index (χ1) is 14.6. The predicted molar refractivity (Wildman–Crippen MR) is 132 cm³/mol. The summed E-state index contributed by atoms with van der Waals surface area (Å²) in [5, 5.41) is 0. The van der Waals surface area contributed by atoms with Crippen molar-refractivity contribution in [2.75, 3.05) is 0 Å². The summed E-state index contributed by atoms with van der Waals surface area (Å²) in [7, 11) is 0. The van der Waals surface area contributed by atoms with Gasteiger partial charge in [-0.3, -0.25) is 4.79 Å². The van der Waals surface area contributed by atoms with Crippen molar-refractivity contribution in [3.8, 4) is 0 Å². The van der Waals surface area contributed by atoms with E-state index in [0.717, 1.165) is 60.2 Å². The van der Waals surface area contributed by atoms with Crippen LogP contribution >= 0.6 is 0 Å². The van der Waals surface area contributed by atoms with Gasteiger partial charge in [0.1, 0.15) is 0 Å². The highest BCUT2D eigenvalue weighted by molar-refractivity contribution is 5.91. The summed E-state index contributed by atoms with van der Waals surface area (Å²) in [5.41, 5.74) is 2.38. The van der Waals surface area contributed by atoms with Crippen molar-refractivity contribution in [2.45, 2.75) is 113 Å². The summed E-state index contributed by atoms with van der Waals surface area (Å²) in [5.74, 6) is 7.27. The van der Waals surface area contributed by atoms with Crippen molar-refractivity contribution in [3.05, 3.63) is 11.6 Å². The van der Waals surface area contributed by atoms with E-state index in [1.54, 1.807) is 0 Å². The Hall–Kier alpha value is -0.590. The molecule has 3 fully saturated rings. The summed E-state index contributed by atoms with van der Waals surface area (Å²) in [6, 6.07) is 0. The van der Waals surface area contributed by atoms with Crippen LogP contribution in [-0.4, -0.2) is 5.78 Å². The molecule has 0 aromatic rings. The van der Waals surface area contributed by atoms with Gasteiger partial charge in [0.15, 0.2) is 5.78 Å². The molecule has 0 bridgehead atoms. The minimum atomic E-state index is 0.307. The Morgan fingerprint density at radius 2 is 1.77 bits per heavy atom. The van der Waals surface area contributed by atoms with E-state index in [1.807, 2.05) is 0 Å². The molecule has 0 spiro atoms. The Kier molecular flexibility index (Phi) is 6.57. The van der Waals surface area contributed by atoms with Crippen molar-refractivity contribution in [3.63, 3.8) is 0 Å². The number of carbonyl (C=O) groups excluding carboxylic acids is 1. The zero-order valence-corrected chi connectivity index (χ0v) is 21.7. The lowest BCUT2D eigenvalue weighted by molar-refractivity contribution is -0.119. The molecular formula is C30H50O. The first kappa shape index (κ1) is 23.6. The Bertz CT molecular complexity index is 703. The Balaban J connectivity index is 1.52. The summed E-state index contributed by atoms with van der Waals surface area (Å²) >= 11 is 0. The number of rotatable bonds is 6. The highest BCUT2D eigenvalue weighted by atomic mass is 16.1. The van der Waals surface area contributed by atoms with E-state index < -0.39 is 0 Å². The average Bonchev–Trinajstić information content (AvgIpc) is 3.06. The van der Waals surface area contributed by atoms with E-state index in [2.05, 4.69) is 54.5 Å². The third-order valence-electron chi connectivity index (χ3n) is 11.5. The van der Waals surface area contributed by atoms with Gasteiger partial charge in [-0.2, -0.15) is 0 Å². The van der Waals surface area contributed by atoms with E-state index in [4.69, 9.17) is 0 Å². The fourth-order valence-electron chi connectivity index (χ4n) is 9.57. The average molecular weight is 427 g/mol. The second-order valence-electron chi connectivity index (χ2n) is 13.2. The van der Waals surface area contributed by atoms with Crippen molar-refractivity contribution in [1.29, 1.82) is 0 Å². The van der Waals surface area contributed by atoms with Crippen LogP contribution in [0, 0.1) is 58.2 Å². The molecule has 0 aliphatic heterocycles. The van der Waals surface area contributed by atoms with Gasteiger partial charge in [0.2, 0.25) is 0 Å². The van der Waals surface area contributed by atoms with Gasteiger partial charge in [-0.15, -0.1) is 0 Å². The lowest BCUT2D eigenvalue weighted by atomic mass is 9.44. The Morgan fingerprint density at radius 1 is 1.03 bits per heavy atom. The molecule has 0 radical (unpaired) electrons. The molecule has 0 aromatic carbocycles. The number of fused-ring (bicyclic) bond motifs is 5. The van der Waals surface area contributed by atoms with Gasteiger partial charge in [-0.25, -0.2) is 0 Å². The molecule has 0 saturated heterocycles. The minimum Gasteiger partial charge on any atom is -0.295 e. The first-order valence-electron chi connectivity index (χ1n) is 13.9. The molecule has 4 rings (SSSR count). The second kappa shape index (κ2) is 8.64. The zero-order valence-electron chi connectivity index (χ0n) is 21.7. The standard InChI is InChI=1S/C30H50O/c1-8-22(19(2)3)10-9-20(4)25-11-12-26-28-21(5)17-23-18-24(31)13-15-29(23,6)27(28)14-16-30(25,26)7/h18-22,25-28H,8-17H2,1-7H3/t20-,21-,22-,25-,26+,27+,28+,29+,30-/m1/s1. The predicted octanol–water partition coefficient (Wildman–Crippen LogP) is 8.48. The maximum Gasteiger partial charge on any atom is 0.155 e. The zero-order chi connectivity index (χ0) is 22.6. The SMILES string of the molecule is CC[C@H](CC[C@@H](C)[C@H]1CC[C@H]2[C@@H]3[C@H](C)CC4=CC(=O)CC[C@]4(C)[C@H]3CC[C@]12C)C(C)C. The number of ketones is 1. The van der Waals surface area contributed by atoms with Gasteiger partial charge in [0.05, 0.1) is 0 Å². The topological polar surface area (TPSA) is 17.1 Å². The molecule has 1 nitrogen and oxygen atoms in total. The first-order valence-corrected chi connectivity index (χ1v) is 13.9. The van der Waals surface area contributed by atoms with Gasteiger partial charge in [-0.1, -0.05) is 66.9 Å². The number of hydrogen-bond donors (Lipinski definition) is 0. The van der Waals surface area contributed by atoms with E-state index in [0.29, 0.717) is 16.6 Å². The molecule has 31 heavy (non-hydrogen) atoms. The van der Waals surface area contributed by atoms with Crippen LogP contribution in [0.3, 0.4) is 0 Å². The van der Waals surface area contributed by atoms with Crippen LogP contribution in [0.1, 0.15) is 113 Å². The molecule has 4 aliphatic rings. The molecule has 176 valence electrons. The monoisotopic (exact) mass is 426 g/mol. The number of hydrogen-bond acceptors (Lipinski definition) is 1. The quantitative estimate of drug-likeness (QED) is 0.416. The number of allylic oxidation sites excluding steroid dienone is 1. The van der Waals surface area contributed by atoms with E-state index in [9.17, 15) is 4.79 Å². The Morgan fingerprint density at radius 3 is 2.45 bits per heavy atom. The molecule has 1 heteroatoms. The van der Waals surface area contributed by atoms with Crippen LogP contribution in [0.4, 0.5) is 0 Å². The lowest BCUT2D eigenvalue weighted by Crippen LogP contribution is -2.53. The second-order valence-corrected chi connectivity index (χ2v) is 13.2. The lowest BCUT2D eigenvalue weighted by Gasteiger charge is -2.60. The van der Waals surface area contributed by atoms with Crippen LogP contribution in [0.5, 0.6) is 0 Å². The maximum atomic E-state index is 12.2. The molecule has 4 aliphatic carbocycles. The van der Waals surface area contributed by atoms with Crippen LogP contribution in [0.25, 0.3) is 0 Å². The maximum absolute atomic E-state index is 12.2. The molecule has 0 amide bonds. The van der Waals surface area contributed by atoms with Gasteiger partial charge in [-0.05, 0) is 109 Å². The van der Waals surface area contributed by atoms with E-state index in [-0.39, 0.29) is 0 Å². The molecule has 3 saturated carbocycles. The molecule has 0 N–H and O–H groups in total. The van der Waals surface area contributed by atoms with E-state index >= 15 is 0 Å². The third-order valence-corrected chi connectivity index (χ3v) is 11.5. The molecule has 0 heterocycles. The third kappa shape index (κ3) is 3.89. The van der Waals surface area contributed by atoms with Gasteiger partial charge < -0.3 is 0 Å². The summed E-state index contributed by atoms with van der Waals surface area (Å²) in [4.78, 5) is 12.2. The fraction of sp³-hybridized carbons (Fsp3) is 0.900. The molecular weight excluding hydrogens is 376 g/mol. The Labute approximate surface area is 193 Å². The van der Waals surface area contributed by atoms with Crippen molar-refractivity contribution >= 4 is 5.78 Å².